The zero-order valence-electron chi connectivity index (χ0n) is 9.85. The first kappa shape index (κ1) is 12.3. The molecule has 1 unspecified atom stereocenters. The first-order chi connectivity index (χ1) is 8.66. The number of hydrogen-bond acceptors (Lipinski definition) is 4. The van der Waals surface area contributed by atoms with Gasteiger partial charge in [0.05, 0.1) is 0 Å². The molecule has 0 bridgehead atoms. The molecule has 1 atom stereocenters. The van der Waals surface area contributed by atoms with Crippen LogP contribution >= 0.6 is 0 Å². The first-order valence-corrected chi connectivity index (χ1v) is 5.84. The van der Waals surface area contributed by atoms with Gasteiger partial charge in [-0.3, -0.25) is 9.59 Å². The van der Waals surface area contributed by atoms with E-state index in [4.69, 9.17) is 5.73 Å². The highest BCUT2D eigenvalue weighted by Crippen LogP contribution is 2.20. The van der Waals surface area contributed by atoms with Crippen LogP contribution in [0, 0.1) is 5.92 Å². The number of carbonyl (C=O) groups excluding carboxylic acids is 2. The molecule has 4 N–H and O–H groups in total. The summed E-state index contributed by atoms with van der Waals surface area (Å²) in [5.74, 6) is -0.575. The molecule has 2 amide bonds. The Morgan fingerprint density at radius 2 is 2.33 bits per heavy atom. The number of nitrogens with zero attached hydrogens (tertiary/aromatic N) is 2. The van der Waals surface area contributed by atoms with Crippen molar-refractivity contribution < 1.29 is 9.59 Å². The lowest BCUT2D eigenvalue weighted by molar-refractivity contribution is -0.116. The van der Waals surface area contributed by atoms with Gasteiger partial charge in [-0.1, -0.05) is 12.2 Å². The van der Waals surface area contributed by atoms with Crippen LogP contribution < -0.4 is 11.1 Å². The molecule has 2 rings (SSSR count). The number of nitrogens with one attached hydrogen (secondary N) is 2. The molecule has 96 valence electrons. The van der Waals surface area contributed by atoms with Gasteiger partial charge < -0.3 is 11.1 Å². The van der Waals surface area contributed by atoms with E-state index in [1.807, 2.05) is 0 Å². The number of hydrogen-bond donors (Lipinski definition) is 3. The Kier molecular flexibility index (Phi) is 3.71. The van der Waals surface area contributed by atoms with Crippen molar-refractivity contribution in [3.63, 3.8) is 0 Å². The average molecular weight is 249 g/mol. The minimum Gasteiger partial charge on any atom is -0.364 e. The van der Waals surface area contributed by atoms with E-state index >= 15 is 0 Å². The third kappa shape index (κ3) is 2.93. The highest BCUT2D eigenvalue weighted by atomic mass is 16.2. The van der Waals surface area contributed by atoms with E-state index in [-0.39, 0.29) is 23.3 Å². The summed E-state index contributed by atoms with van der Waals surface area (Å²) in [4.78, 5) is 22.8. The van der Waals surface area contributed by atoms with Crippen LogP contribution in [-0.2, 0) is 4.79 Å². The summed E-state index contributed by atoms with van der Waals surface area (Å²) in [6, 6.07) is 0. The molecule has 0 aromatic carbocycles. The largest absolute Gasteiger partial charge is 0.364 e. The zero-order chi connectivity index (χ0) is 13.0. The number of carbonyl (C=O) groups is 2. The fourth-order valence-corrected chi connectivity index (χ4v) is 1.96. The number of aromatic nitrogens is 3. The van der Waals surface area contributed by atoms with Crippen molar-refractivity contribution in [3.05, 3.63) is 17.8 Å². The van der Waals surface area contributed by atoms with E-state index in [1.54, 1.807) is 0 Å². The maximum Gasteiger partial charge on any atom is 0.273 e. The Morgan fingerprint density at radius 3 is 3.00 bits per heavy atom. The minimum atomic E-state index is -0.725. The monoisotopic (exact) mass is 249 g/mol. The van der Waals surface area contributed by atoms with Crippen molar-refractivity contribution in [1.82, 2.24) is 15.4 Å². The van der Waals surface area contributed by atoms with Crippen LogP contribution in [0.2, 0.25) is 0 Å². The smallest absolute Gasteiger partial charge is 0.273 e. The second kappa shape index (κ2) is 5.44. The normalized spacial score (nSPS) is 18.6. The fourth-order valence-electron chi connectivity index (χ4n) is 1.96. The molecule has 1 aromatic rings. The Bertz CT molecular complexity index is 480. The molecule has 0 fully saturated rings. The lowest BCUT2D eigenvalue weighted by atomic mass is 9.93. The van der Waals surface area contributed by atoms with Crippen molar-refractivity contribution in [3.8, 4) is 0 Å². The third-order valence-corrected chi connectivity index (χ3v) is 2.84. The summed E-state index contributed by atoms with van der Waals surface area (Å²) in [6.45, 7) is 0. The fraction of sp³-hybridized carbons (Fsp3) is 0.455. The van der Waals surface area contributed by atoms with E-state index in [2.05, 4.69) is 32.9 Å². The molecule has 0 aliphatic heterocycles. The predicted octanol–water partition coefficient (Wildman–Crippen LogP) is 0.588. The summed E-state index contributed by atoms with van der Waals surface area (Å²) in [7, 11) is 0. The van der Waals surface area contributed by atoms with Gasteiger partial charge in [-0.25, -0.2) is 0 Å². The van der Waals surface area contributed by atoms with Gasteiger partial charge in [0.1, 0.15) is 0 Å². The molecule has 1 aliphatic rings. The predicted molar refractivity (Wildman–Crippen MR) is 64.6 cm³/mol. The van der Waals surface area contributed by atoms with Crippen LogP contribution in [0.1, 0.15) is 36.2 Å². The molecule has 1 aliphatic carbocycles. The van der Waals surface area contributed by atoms with Crippen LogP contribution in [0.3, 0.4) is 0 Å². The van der Waals surface area contributed by atoms with E-state index in [0.29, 0.717) is 6.42 Å². The Morgan fingerprint density at radius 1 is 1.50 bits per heavy atom. The molecular formula is C11H15N5O2. The number of rotatable bonds is 4. The van der Waals surface area contributed by atoms with Crippen molar-refractivity contribution in [2.75, 3.05) is 5.32 Å². The van der Waals surface area contributed by atoms with Crippen molar-refractivity contribution in [2.45, 2.75) is 25.7 Å². The van der Waals surface area contributed by atoms with Crippen LogP contribution in [0.5, 0.6) is 0 Å². The van der Waals surface area contributed by atoms with E-state index in [0.717, 1.165) is 19.3 Å². The highest BCUT2D eigenvalue weighted by molar-refractivity contribution is 6.00. The Balaban J connectivity index is 1.94. The van der Waals surface area contributed by atoms with Gasteiger partial charge in [-0.15, -0.1) is 10.2 Å². The summed E-state index contributed by atoms with van der Waals surface area (Å²) in [5, 5.41) is 12.1. The molecular weight excluding hydrogens is 234 g/mol. The number of H-pyrrole nitrogens is 1. The summed E-state index contributed by atoms with van der Waals surface area (Å²) >= 11 is 0. The maximum atomic E-state index is 11.8. The molecule has 0 radical (unpaired) electrons. The van der Waals surface area contributed by atoms with Gasteiger partial charge in [0.15, 0.2) is 11.5 Å². The quantitative estimate of drug-likeness (QED) is 0.677. The van der Waals surface area contributed by atoms with Crippen molar-refractivity contribution in [2.24, 2.45) is 11.7 Å². The second-order valence-electron chi connectivity index (χ2n) is 4.26. The molecule has 0 saturated heterocycles. The highest BCUT2D eigenvalue weighted by Gasteiger charge is 2.18. The van der Waals surface area contributed by atoms with E-state index < -0.39 is 5.91 Å². The molecule has 1 aromatic heterocycles. The van der Waals surface area contributed by atoms with Gasteiger partial charge in [0.2, 0.25) is 5.91 Å². The van der Waals surface area contributed by atoms with Crippen LogP contribution in [0.4, 0.5) is 5.82 Å². The van der Waals surface area contributed by atoms with E-state index in [1.165, 1.54) is 0 Å². The minimum absolute atomic E-state index is 0.0532. The van der Waals surface area contributed by atoms with Crippen LogP contribution in [-0.4, -0.2) is 27.2 Å². The molecule has 0 spiro atoms. The summed E-state index contributed by atoms with van der Waals surface area (Å²) < 4.78 is 0. The van der Waals surface area contributed by atoms with Crippen LogP contribution in [0.15, 0.2) is 12.2 Å². The molecule has 1 heterocycles. The van der Waals surface area contributed by atoms with Gasteiger partial charge >= 0.3 is 0 Å². The van der Waals surface area contributed by atoms with E-state index in [9.17, 15) is 9.59 Å². The average Bonchev–Trinajstić information content (AvgIpc) is 2.78. The summed E-state index contributed by atoms with van der Waals surface area (Å²) in [6.07, 6.45) is 7.71. The van der Waals surface area contributed by atoms with Crippen molar-refractivity contribution >= 4 is 17.6 Å². The third-order valence-electron chi connectivity index (χ3n) is 2.84. The lowest BCUT2D eigenvalue weighted by Crippen LogP contribution is -2.20. The molecule has 18 heavy (non-hydrogen) atoms. The van der Waals surface area contributed by atoms with Crippen molar-refractivity contribution in [1.29, 1.82) is 0 Å². The SMILES string of the molecule is NC(=O)c1n[nH]nc1NC(=O)CC1C=CCCC1. The maximum absolute atomic E-state index is 11.8. The molecule has 7 heteroatoms. The van der Waals surface area contributed by atoms with Gasteiger partial charge in [-0.05, 0) is 25.2 Å². The Hall–Kier alpha value is -2.18. The number of nitrogens with two attached hydrogens (primary N) is 1. The lowest BCUT2D eigenvalue weighted by Gasteiger charge is -2.15. The number of primary amides is 1. The second-order valence-corrected chi connectivity index (χ2v) is 4.26. The standard InChI is InChI=1S/C11H15N5O2/c12-10(18)9-11(15-16-14-9)13-8(17)6-7-4-2-1-3-5-7/h2,4,7H,1,3,5-6H2,(H2,12,18)(H2,13,14,15,16,17). The Labute approximate surface area is 104 Å². The first-order valence-electron chi connectivity index (χ1n) is 5.84. The number of anilines is 1. The number of amides is 2. The number of allylic oxidation sites excluding steroid dienone is 2. The van der Waals surface area contributed by atoms with Crippen LogP contribution in [0.25, 0.3) is 0 Å². The molecule has 7 nitrogen and oxygen atoms in total. The zero-order valence-corrected chi connectivity index (χ0v) is 9.85. The molecule has 0 saturated carbocycles. The summed E-state index contributed by atoms with van der Waals surface area (Å²) in [5.41, 5.74) is 5.04. The number of aromatic amines is 1. The van der Waals surface area contributed by atoms with Gasteiger partial charge in [0.25, 0.3) is 5.91 Å². The topological polar surface area (TPSA) is 114 Å². The van der Waals surface area contributed by atoms with Gasteiger partial charge in [-0.2, -0.15) is 5.21 Å². The van der Waals surface area contributed by atoms with Gasteiger partial charge in [0, 0.05) is 6.42 Å².